The Bertz CT molecular complexity index is 414. The van der Waals surface area contributed by atoms with Crippen molar-refractivity contribution >= 4 is 11.2 Å². The van der Waals surface area contributed by atoms with Crippen LogP contribution in [0.2, 0.25) is 0 Å². The molecule has 0 radical (unpaired) electrons. The van der Waals surface area contributed by atoms with Gasteiger partial charge in [-0.3, -0.25) is 0 Å². The maximum Gasteiger partial charge on any atom is 0.160 e. The second-order valence-corrected chi connectivity index (χ2v) is 3.23. The largest absolute Gasteiger partial charge is 0.312 e. The van der Waals surface area contributed by atoms with Gasteiger partial charge in [-0.25, -0.2) is 9.97 Å². The summed E-state index contributed by atoms with van der Waals surface area (Å²) in [6.45, 7) is 0. The van der Waals surface area contributed by atoms with Crippen LogP contribution in [0.25, 0.3) is 11.2 Å². The van der Waals surface area contributed by atoms with Gasteiger partial charge in [-0.15, -0.1) is 0 Å². The lowest BCUT2D eigenvalue weighted by Gasteiger charge is -1.97. The van der Waals surface area contributed by atoms with Crippen LogP contribution in [0, 0.1) is 0 Å². The van der Waals surface area contributed by atoms with E-state index in [-0.39, 0.29) is 0 Å². The van der Waals surface area contributed by atoms with E-state index in [1.165, 1.54) is 12.8 Å². The predicted molar refractivity (Wildman–Crippen MR) is 45.8 cm³/mol. The summed E-state index contributed by atoms with van der Waals surface area (Å²) in [4.78, 5) is 8.58. The van der Waals surface area contributed by atoms with Gasteiger partial charge in [0.1, 0.15) is 5.52 Å². The third-order valence-corrected chi connectivity index (χ3v) is 2.27. The van der Waals surface area contributed by atoms with Gasteiger partial charge in [-0.05, 0) is 25.0 Å². The zero-order chi connectivity index (χ0) is 7.97. The van der Waals surface area contributed by atoms with Crippen molar-refractivity contribution in [2.24, 2.45) is 0 Å². The van der Waals surface area contributed by atoms with Gasteiger partial charge >= 0.3 is 0 Å². The van der Waals surface area contributed by atoms with E-state index < -0.39 is 0 Å². The molecule has 0 amide bonds. The summed E-state index contributed by atoms with van der Waals surface area (Å²) in [5.41, 5.74) is 2.03. The second kappa shape index (κ2) is 2.06. The normalized spacial score (nSPS) is 17.0. The van der Waals surface area contributed by atoms with E-state index in [2.05, 4.69) is 14.5 Å². The Labute approximate surface area is 70.1 Å². The average Bonchev–Trinajstić information content (AvgIpc) is 2.86. The maximum absolute atomic E-state index is 4.30. The number of aromatic nitrogens is 3. The minimum absolute atomic E-state index is 0.671. The fraction of sp³-hybridized carbons (Fsp3) is 0.333. The molecule has 0 N–H and O–H groups in total. The monoisotopic (exact) mass is 159 g/mol. The summed E-state index contributed by atoms with van der Waals surface area (Å²) in [6, 6.07) is 4.60. The number of nitrogens with zero attached hydrogens (tertiary/aromatic N) is 3. The van der Waals surface area contributed by atoms with Gasteiger partial charge < -0.3 is 4.57 Å². The first kappa shape index (κ1) is 6.17. The molecule has 0 aromatic carbocycles. The highest BCUT2D eigenvalue weighted by atomic mass is 15.1. The SMILES string of the molecule is c1cnc2c(c1)ncn2C1CC1. The van der Waals surface area contributed by atoms with Crippen LogP contribution in [0.3, 0.4) is 0 Å². The van der Waals surface area contributed by atoms with E-state index >= 15 is 0 Å². The Kier molecular flexibility index (Phi) is 1.06. The van der Waals surface area contributed by atoms with Crippen LogP contribution in [-0.4, -0.2) is 14.5 Å². The molecule has 60 valence electrons. The van der Waals surface area contributed by atoms with Gasteiger partial charge in [0.15, 0.2) is 5.65 Å². The molecule has 0 aliphatic heterocycles. The highest BCUT2D eigenvalue weighted by molar-refractivity contribution is 5.70. The molecule has 3 nitrogen and oxygen atoms in total. The molecule has 0 unspecified atom stereocenters. The number of imidazole rings is 1. The molecule has 2 aromatic rings. The van der Waals surface area contributed by atoms with Crippen LogP contribution in [0.1, 0.15) is 18.9 Å². The Morgan fingerprint density at radius 1 is 1.33 bits per heavy atom. The number of hydrogen-bond donors (Lipinski definition) is 0. The van der Waals surface area contributed by atoms with Crippen LogP contribution in [0.4, 0.5) is 0 Å². The van der Waals surface area contributed by atoms with Crippen molar-refractivity contribution in [3.63, 3.8) is 0 Å². The molecule has 2 heterocycles. The fourth-order valence-corrected chi connectivity index (χ4v) is 1.49. The minimum atomic E-state index is 0.671. The molecule has 12 heavy (non-hydrogen) atoms. The predicted octanol–water partition coefficient (Wildman–Crippen LogP) is 1.77. The van der Waals surface area contributed by atoms with Crippen LogP contribution in [-0.2, 0) is 0 Å². The smallest absolute Gasteiger partial charge is 0.160 e. The van der Waals surface area contributed by atoms with E-state index in [9.17, 15) is 0 Å². The van der Waals surface area contributed by atoms with Crippen LogP contribution in [0.5, 0.6) is 0 Å². The van der Waals surface area contributed by atoms with Gasteiger partial charge in [0.25, 0.3) is 0 Å². The lowest BCUT2D eigenvalue weighted by molar-refractivity contribution is 0.757. The molecule has 3 rings (SSSR count). The van der Waals surface area contributed by atoms with Crippen molar-refractivity contribution in [3.8, 4) is 0 Å². The number of hydrogen-bond acceptors (Lipinski definition) is 2. The Hall–Kier alpha value is -1.38. The number of fused-ring (bicyclic) bond motifs is 1. The number of pyridine rings is 1. The van der Waals surface area contributed by atoms with Gasteiger partial charge in [-0.2, -0.15) is 0 Å². The first-order chi connectivity index (χ1) is 5.95. The standard InChI is InChI=1S/C9H9N3/c1-2-8-9(10-5-1)12(6-11-8)7-3-4-7/h1-2,5-7H,3-4H2. The van der Waals surface area contributed by atoms with Gasteiger partial charge in [0, 0.05) is 12.2 Å². The van der Waals surface area contributed by atoms with E-state index in [4.69, 9.17) is 0 Å². The molecule has 3 heteroatoms. The molecule has 0 saturated heterocycles. The van der Waals surface area contributed by atoms with Crippen molar-refractivity contribution in [1.82, 2.24) is 14.5 Å². The molecular weight excluding hydrogens is 150 g/mol. The van der Waals surface area contributed by atoms with E-state index in [0.29, 0.717) is 6.04 Å². The summed E-state index contributed by atoms with van der Waals surface area (Å²) in [5.74, 6) is 0. The van der Waals surface area contributed by atoms with Crippen molar-refractivity contribution in [1.29, 1.82) is 0 Å². The molecule has 0 bridgehead atoms. The molecule has 1 fully saturated rings. The van der Waals surface area contributed by atoms with Crippen LogP contribution >= 0.6 is 0 Å². The van der Waals surface area contributed by atoms with Gasteiger partial charge in [0.05, 0.1) is 6.33 Å². The van der Waals surface area contributed by atoms with Gasteiger partial charge in [0.2, 0.25) is 0 Å². The lowest BCUT2D eigenvalue weighted by atomic mass is 10.4. The highest BCUT2D eigenvalue weighted by Crippen LogP contribution is 2.36. The third-order valence-electron chi connectivity index (χ3n) is 2.27. The average molecular weight is 159 g/mol. The summed E-state index contributed by atoms with van der Waals surface area (Å²) in [6.07, 6.45) is 6.28. The molecule has 1 saturated carbocycles. The molecule has 0 atom stereocenters. The minimum Gasteiger partial charge on any atom is -0.312 e. The van der Waals surface area contributed by atoms with Crippen LogP contribution < -0.4 is 0 Å². The maximum atomic E-state index is 4.30. The topological polar surface area (TPSA) is 30.7 Å². The fourth-order valence-electron chi connectivity index (χ4n) is 1.49. The molecule has 2 aromatic heterocycles. The summed E-state index contributed by atoms with van der Waals surface area (Å²) >= 11 is 0. The first-order valence-electron chi connectivity index (χ1n) is 4.23. The summed E-state index contributed by atoms with van der Waals surface area (Å²) in [7, 11) is 0. The third kappa shape index (κ3) is 0.763. The van der Waals surface area contributed by atoms with E-state index in [1.54, 1.807) is 0 Å². The first-order valence-corrected chi connectivity index (χ1v) is 4.23. The van der Waals surface area contributed by atoms with E-state index in [1.807, 2.05) is 24.7 Å². The van der Waals surface area contributed by atoms with Crippen molar-refractivity contribution < 1.29 is 0 Å². The van der Waals surface area contributed by atoms with Crippen molar-refractivity contribution in [2.45, 2.75) is 18.9 Å². The van der Waals surface area contributed by atoms with Crippen molar-refractivity contribution in [2.75, 3.05) is 0 Å². The zero-order valence-electron chi connectivity index (χ0n) is 6.64. The molecular formula is C9H9N3. The van der Waals surface area contributed by atoms with Crippen molar-refractivity contribution in [3.05, 3.63) is 24.7 Å². The Morgan fingerprint density at radius 3 is 3.08 bits per heavy atom. The van der Waals surface area contributed by atoms with Gasteiger partial charge in [-0.1, -0.05) is 0 Å². The van der Waals surface area contributed by atoms with Crippen LogP contribution in [0.15, 0.2) is 24.7 Å². The summed E-state index contributed by atoms with van der Waals surface area (Å²) < 4.78 is 2.18. The lowest BCUT2D eigenvalue weighted by Crippen LogP contribution is -1.91. The molecule has 1 aliphatic carbocycles. The molecule has 1 aliphatic rings. The number of rotatable bonds is 1. The highest BCUT2D eigenvalue weighted by Gasteiger charge is 2.25. The quantitative estimate of drug-likeness (QED) is 0.634. The van der Waals surface area contributed by atoms with E-state index in [0.717, 1.165) is 11.2 Å². The zero-order valence-corrected chi connectivity index (χ0v) is 6.64. The molecule has 0 spiro atoms. The Morgan fingerprint density at radius 2 is 2.25 bits per heavy atom. The summed E-state index contributed by atoms with van der Waals surface area (Å²) in [5, 5.41) is 0. The Balaban J connectivity index is 2.30. The second-order valence-electron chi connectivity index (χ2n) is 3.23.